The molecule has 92 valence electrons. The molecule has 0 spiro atoms. The predicted molar refractivity (Wildman–Crippen MR) is 65.6 cm³/mol. The third-order valence-corrected chi connectivity index (χ3v) is 2.29. The maximum atomic E-state index is 8.63. The van der Waals surface area contributed by atoms with E-state index in [1.54, 1.807) is 0 Å². The summed E-state index contributed by atoms with van der Waals surface area (Å²) in [5.74, 6) is 0.723. The smallest absolute Gasteiger partial charge is 0.174 e. The van der Waals surface area contributed by atoms with Gasteiger partial charge in [-0.15, -0.1) is 0 Å². The van der Waals surface area contributed by atoms with E-state index < -0.39 is 0 Å². The number of benzene rings is 1. The Kier molecular flexibility index (Phi) is 6.80. The van der Waals surface area contributed by atoms with E-state index in [0.717, 1.165) is 37.2 Å². The minimum Gasteiger partial charge on any atom is -0.479 e. The zero-order valence-electron chi connectivity index (χ0n) is 9.85. The topological polar surface area (TPSA) is 65.3 Å². The standard InChI is InChI=1S/C13H18N2O2/c14-6-9-17-13-5-3-4-12(10-13)11-15-7-1-2-8-16/h3-5,10,15-16H,1-2,7-9,11H2. The molecule has 0 aliphatic heterocycles. The van der Waals surface area contributed by atoms with Gasteiger partial charge in [0.25, 0.3) is 0 Å². The van der Waals surface area contributed by atoms with Crippen LogP contribution in [-0.2, 0) is 6.54 Å². The first-order valence-corrected chi connectivity index (χ1v) is 5.77. The number of rotatable bonds is 8. The number of aliphatic hydroxyl groups excluding tert-OH is 1. The Bertz CT molecular complexity index is 361. The van der Waals surface area contributed by atoms with E-state index in [1.807, 2.05) is 30.3 Å². The van der Waals surface area contributed by atoms with Gasteiger partial charge in [-0.25, -0.2) is 0 Å². The molecule has 4 nitrogen and oxygen atoms in total. The second-order valence-corrected chi connectivity index (χ2v) is 3.70. The molecule has 4 heteroatoms. The number of hydrogen-bond donors (Lipinski definition) is 2. The van der Waals surface area contributed by atoms with E-state index in [4.69, 9.17) is 15.1 Å². The van der Waals surface area contributed by atoms with Crippen molar-refractivity contribution < 1.29 is 9.84 Å². The molecule has 1 rings (SSSR count). The molecular weight excluding hydrogens is 216 g/mol. The van der Waals surface area contributed by atoms with E-state index in [1.165, 1.54) is 0 Å². The van der Waals surface area contributed by atoms with Crippen molar-refractivity contribution in [1.82, 2.24) is 5.32 Å². The zero-order chi connectivity index (χ0) is 12.3. The number of ether oxygens (including phenoxy) is 1. The van der Waals surface area contributed by atoms with E-state index in [-0.39, 0.29) is 13.2 Å². The van der Waals surface area contributed by atoms with Crippen LogP contribution in [0.3, 0.4) is 0 Å². The molecule has 0 aliphatic rings. The molecule has 1 aromatic carbocycles. The largest absolute Gasteiger partial charge is 0.479 e. The summed E-state index contributed by atoms with van der Waals surface area (Å²) in [4.78, 5) is 0. The number of nitrogens with one attached hydrogen (secondary N) is 1. The van der Waals surface area contributed by atoms with Gasteiger partial charge in [-0.05, 0) is 37.1 Å². The minimum atomic E-state index is 0.0768. The van der Waals surface area contributed by atoms with Crippen LogP contribution < -0.4 is 10.1 Å². The van der Waals surface area contributed by atoms with Gasteiger partial charge in [0.2, 0.25) is 0 Å². The Labute approximate surface area is 102 Å². The summed E-state index contributed by atoms with van der Waals surface area (Å²) >= 11 is 0. The Morgan fingerprint density at radius 2 is 2.24 bits per heavy atom. The van der Waals surface area contributed by atoms with Gasteiger partial charge >= 0.3 is 0 Å². The normalized spacial score (nSPS) is 9.88. The van der Waals surface area contributed by atoms with E-state index >= 15 is 0 Å². The molecule has 0 amide bonds. The van der Waals surface area contributed by atoms with Crippen LogP contribution in [0.1, 0.15) is 18.4 Å². The van der Waals surface area contributed by atoms with Gasteiger partial charge in [0.1, 0.15) is 11.8 Å². The molecule has 0 saturated heterocycles. The first-order valence-electron chi connectivity index (χ1n) is 5.77. The van der Waals surface area contributed by atoms with E-state index in [2.05, 4.69) is 5.32 Å². The highest BCUT2D eigenvalue weighted by Gasteiger charge is 1.96. The van der Waals surface area contributed by atoms with Crippen LogP contribution in [0.25, 0.3) is 0 Å². The Morgan fingerprint density at radius 1 is 1.35 bits per heavy atom. The third kappa shape index (κ3) is 5.91. The molecule has 0 radical (unpaired) electrons. The number of unbranched alkanes of at least 4 members (excludes halogenated alkanes) is 1. The summed E-state index contributed by atoms with van der Waals surface area (Å²) in [6, 6.07) is 9.63. The molecule has 2 N–H and O–H groups in total. The van der Waals surface area contributed by atoms with Crippen LogP contribution in [0.15, 0.2) is 24.3 Å². The second kappa shape index (κ2) is 8.57. The number of nitriles is 1. The summed E-state index contributed by atoms with van der Waals surface area (Å²) in [6.07, 6.45) is 1.81. The average molecular weight is 234 g/mol. The van der Waals surface area contributed by atoms with E-state index in [0.29, 0.717) is 0 Å². The summed E-state index contributed by atoms with van der Waals surface area (Å²) in [7, 11) is 0. The lowest BCUT2D eigenvalue weighted by Gasteiger charge is -2.06. The number of nitrogens with zero attached hydrogens (tertiary/aromatic N) is 1. The molecule has 0 atom stereocenters. The molecular formula is C13H18N2O2. The lowest BCUT2D eigenvalue weighted by Crippen LogP contribution is -2.15. The van der Waals surface area contributed by atoms with Crippen LogP contribution >= 0.6 is 0 Å². The third-order valence-electron chi connectivity index (χ3n) is 2.29. The van der Waals surface area contributed by atoms with Gasteiger partial charge in [-0.2, -0.15) is 5.26 Å². The maximum absolute atomic E-state index is 8.63. The Hall–Kier alpha value is -1.57. The second-order valence-electron chi connectivity index (χ2n) is 3.70. The first kappa shape index (κ1) is 13.5. The van der Waals surface area contributed by atoms with Gasteiger partial charge in [0.15, 0.2) is 6.61 Å². The summed E-state index contributed by atoms with van der Waals surface area (Å²) < 4.78 is 5.22. The summed E-state index contributed by atoms with van der Waals surface area (Å²) in [5.41, 5.74) is 1.13. The lowest BCUT2D eigenvalue weighted by molar-refractivity contribution is 0.283. The van der Waals surface area contributed by atoms with Crippen molar-refractivity contribution in [2.45, 2.75) is 19.4 Å². The van der Waals surface area contributed by atoms with Gasteiger partial charge in [-0.1, -0.05) is 12.1 Å². The van der Waals surface area contributed by atoms with Crippen molar-refractivity contribution in [2.24, 2.45) is 0 Å². The van der Waals surface area contributed by atoms with Crippen molar-refractivity contribution in [3.63, 3.8) is 0 Å². The van der Waals surface area contributed by atoms with Crippen molar-refractivity contribution in [2.75, 3.05) is 19.8 Å². The maximum Gasteiger partial charge on any atom is 0.174 e. The van der Waals surface area contributed by atoms with Crippen molar-refractivity contribution >= 4 is 0 Å². The van der Waals surface area contributed by atoms with Gasteiger partial charge < -0.3 is 15.2 Å². The monoisotopic (exact) mass is 234 g/mol. The summed E-state index contributed by atoms with van der Waals surface area (Å²) in [5, 5.41) is 20.3. The van der Waals surface area contributed by atoms with Crippen LogP contribution in [0.2, 0.25) is 0 Å². The Morgan fingerprint density at radius 3 is 3.00 bits per heavy atom. The quantitative estimate of drug-likeness (QED) is 0.668. The van der Waals surface area contributed by atoms with E-state index in [9.17, 15) is 0 Å². The summed E-state index contributed by atoms with van der Waals surface area (Å²) in [6.45, 7) is 1.99. The molecule has 0 unspecified atom stereocenters. The average Bonchev–Trinajstić information content (AvgIpc) is 2.37. The van der Waals surface area contributed by atoms with Gasteiger partial charge in [0, 0.05) is 13.2 Å². The van der Waals surface area contributed by atoms with Crippen LogP contribution in [-0.4, -0.2) is 24.9 Å². The fourth-order valence-corrected chi connectivity index (χ4v) is 1.46. The highest BCUT2D eigenvalue weighted by molar-refractivity contribution is 5.28. The highest BCUT2D eigenvalue weighted by Crippen LogP contribution is 2.12. The van der Waals surface area contributed by atoms with Crippen LogP contribution in [0.4, 0.5) is 0 Å². The molecule has 0 heterocycles. The van der Waals surface area contributed by atoms with Gasteiger partial charge in [-0.3, -0.25) is 0 Å². The first-order chi connectivity index (χ1) is 8.36. The molecule has 17 heavy (non-hydrogen) atoms. The Balaban J connectivity index is 2.30. The van der Waals surface area contributed by atoms with Crippen LogP contribution in [0.5, 0.6) is 5.75 Å². The fourth-order valence-electron chi connectivity index (χ4n) is 1.46. The number of aliphatic hydroxyl groups is 1. The molecule has 0 aromatic heterocycles. The highest BCUT2D eigenvalue weighted by atomic mass is 16.5. The minimum absolute atomic E-state index is 0.0768. The molecule has 0 aliphatic carbocycles. The SMILES string of the molecule is N#CCOc1cccc(CNCCCCO)c1. The lowest BCUT2D eigenvalue weighted by atomic mass is 10.2. The predicted octanol–water partition coefficient (Wildman–Crippen LogP) is 1.45. The van der Waals surface area contributed by atoms with Crippen molar-refractivity contribution in [3.8, 4) is 11.8 Å². The zero-order valence-corrected chi connectivity index (χ0v) is 9.85. The molecule has 0 bridgehead atoms. The molecule has 1 aromatic rings. The fraction of sp³-hybridized carbons (Fsp3) is 0.462. The van der Waals surface area contributed by atoms with Crippen LogP contribution in [0, 0.1) is 11.3 Å². The van der Waals surface area contributed by atoms with Gasteiger partial charge in [0.05, 0.1) is 0 Å². The molecule has 0 saturated carbocycles. The number of hydrogen-bond acceptors (Lipinski definition) is 4. The molecule has 0 fully saturated rings. The van der Waals surface area contributed by atoms with Crippen molar-refractivity contribution in [3.05, 3.63) is 29.8 Å². The van der Waals surface area contributed by atoms with Crippen molar-refractivity contribution in [1.29, 1.82) is 5.26 Å².